The molecule has 2 unspecified atom stereocenters. The van der Waals surface area contributed by atoms with Crippen molar-refractivity contribution in [1.82, 2.24) is 24.8 Å². The number of halogens is 2. The largest absolute Gasteiger partial charge is 0.462 e. The minimum absolute atomic E-state index is 0.0107. The Balaban J connectivity index is 1.38. The van der Waals surface area contributed by atoms with Gasteiger partial charge in [-0.25, -0.2) is 9.37 Å². The quantitative estimate of drug-likeness (QED) is 0.281. The van der Waals surface area contributed by atoms with Crippen molar-refractivity contribution in [3.05, 3.63) is 47.8 Å². The van der Waals surface area contributed by atoms with Crippen LogP contribution in [0.3, 0.4) is 0 Å². The van der Waals surface area contributed by atoms with Gasteiger partial charge in [-0.15, -0.1) is 0 Å². The van der Waals surface area contributed by atoms with Crippen LogP contribution in [0.2, 0.25) is 5.02 Å². The molecule has 0 spiro atoms. The Bertz CT molecular complexity index is 1750. The molecular weight excluding hydrogens is 589 g/mol. The second-order valence-electron chi connectivity index (χ2n) is 11.6. The summed E-state index contributed by atoms with van der Waals surface area (Å²) in [4.78, 5) is 32.9. The topological polar surface area (TPSA) is 101 Å². The summed E-state index contributed by atoms with van der Waals surface area (Å²) in [5, 5.41) is 1.15. The lowest BCUT2D eigenvalue weighted by atomic mass is 10.0. The van der Waals surface area contributed by atoms with E-state index in [0.717, 1.165) is 43.3 Å². The molecule has 2 bridgehead atoms. The zero-order valence-electron chi connectivity index (χ0n) is 23.9. The first kappa shape index (κ1) is 28.2. The van der Waals surface area contributed by atoms with Crippen molar-refractivity contribution in [2.45, 2.75) is 50.2 Å². The highest BCUT2D eigenvalue weighted by Crippen LogP contribution is 2.44. The molecule has 3 aliphatic rings. The van der Waals surface area contributed by atoms with Crippen LogP contribution in [0.5, 0.6) is 6.01 Å². The summed E-state index contributed by atoms with van der Waals surface area (Å²) in [6.07, 6.45) is 6.11. The summed E-state index contributed by atoms with van der Waals surface area (Å²) >= 11 is 8.24. The molecule has 4 aromatic rings. The van der Waals surface area contributed by atoms with Gasteiger partial charge in [0.15, 0.2) is 10.9 Å². The molecule has 7 rings (SSSR count). The smallest absolute Gasteiger partial charge is 0.319 e. The van der Waals surface area contributed by atoms with E-state index in [1.54, 1.807) is 12.1 Å². The number of carbonyl (C=O) groups excluding carboxylic acids is 1. The number of benzene rings is 2. The van der Waals surface area contributed by atoms with Crippen LogP contribution in [0.15, 0.2) is 36.9 Å². The molecule has 0 saturated carbocycles. The molecule has 224 valence electrons. The summed E-state index contributed by atoms with van der Waals surface area (Å²) in [5.41, 5.74) is 7.52. The van der Waals surface area contributed by atoms with Crippen molar-refractivity contribution in [3.63, 3.8) is 0 Å². The zero-order chi connectivity index (χ0) is 29.8. The predicted octanol–water partition coefficient (Wildman–Crippen LogP) is 5.51. The Morgan fingerprint density at radius 3 is 2.81 bits per heavy atom. The first-order valence-electron chi connectivity index (χ1n) is 14.7. The van der Waals surface area contributed by atoms with Crippen molar-refractivity contribution < 1.29 is 13.9 Å². The SMILES string of the molecule is C=CC(=O)N1CCC2CCC(C1)N2c1nc(OC[C@@H]2CCCN2C)nc2c(F)c(-c3cccc4sc(N)nc34)c(Cl)cc12. The third-order valence-corrected chi connectivity index (χ3v) is 10.3. The van der Waals surface area contributed by atoms with Gasteiger partial charge in [-0.2, -0.15) is 9.97 Å². The van der Waals surface area contributed by atoms with Gasteiger partial charge in [-0.1, -0.05) is 41.6 Å². The first-order valence-corrected chi connectivity index (χ1v) is 15.9. The fourth-order valence-corrected chi connectivity index (χ4v) is 8.00. The van der Waals surface area contributed by atoms with Crippen molar-refractivity contribution in [2.24, 2.45) is 0 Å². The number of nitrogen functional groups attached to an aromatic ring is 1. The summed E-state index contributed by atoms with van der Waals surface area (Å²) < 4.78 is 23.9. The van der Waals surface area contributed by atoms with Crippen LogP contribution in [-0.4, -0.2) is 82.1 Å². The van der Waals surface area contributed by atoms with E-state index >= 15 is 4.39 Å². The second-order valence-corrected chi connectivity index (χ2v) is 13.1. The van der Waals surface area contributed by atoms with Gasteiger partial charge in [0.25, 0.3) is 0 Å². The third-order valence-electron chi connectivity index (χ3n) is 9.14. The number of likely N-dealkylation sites (N-methyl/N-ethyl adjacent to an activating group) is 1. The average Bonchev–Trinajstić information content (AvgIpc) is 3.66. The molecule has 3 aliphatic heterocycles. The lowest BCUT2D eigenvalue weighted by Crippen LogP contribution is -2.41. The van der Waals surface area contributed by atoms with Crippen molar-refractivity contribution in [3.8, 4) is 17.1 Å². The van der Waals surface area contributed by atoms with Crippen molar-refractivity contribution >= 4 is 60.9 Å². The number of rotatable bonds is 6. The molecule has 3 saturated heterocycles. The third kappa shape index (κ3) is 4.97. The Morgan fingerprint density at radius 1 is 1.19 bits per heavy atom. The Labute approximate surface area is 258 Å². The van der Waals surface area contributed by atoms with Crippen molar-refractivity contribution in [1.29, 1.82) is 0 Å². The zero-order valence-corrected chi connectivity index (χ0v) is 25.5. The van der Waals surface area contributed by atoms with Gasteiger partial charge in [-0.3, -0.25) is 4.79 Å². The molecule has 2 N–H and O–H groups in total. The number of hydrogen-bond acceptors (Lipinski definition) is 9. The predicted molar refractivity (Wildman–Crippen MR) is 169 cm³/mol. The van der Waals surface area contributed by atoms with Gasteiger partial charge >= 0.3 is 6.01 Å². The van der Waals surface area contributed by atoms with E-state index in [0.29, 0.717) is 47.1 Å². The maximum absolute atomic E-state index is 16.8. The molecule has 43 heavy (non-hydrogen) atoms. The van der Waals surface area contributed by atoms with Crippen LogP contribution >= 0.6 is 22.9 Å². The fraction of sp³-hybridized carbons (Fsp3) is 0.419. The number of amides is 1. The maximum Gasteiger partial charge on any atom is 0.319 e. The number of carbonyl (C=O) groups is 1. The standard InChI is InChI=1S/C31H33ClFN7O2S/c1-3-24(41)39-13-11-17-9-10-18(15-39)40(17)29-21-14-22(32)25(20-7-4-8-23-27(20)35-30(34)43-23)26(33)28(21)36-31(37-29)42-16-19-6-5-12-38(19)2/h3-4,7-8,14,17-19H,1,5-6,9-13,15-16H2,2H3,(H2,34,35)/t17?,18?,19-/m0/s1. The Kier molecular flexibility index (Phi) is 7.35. The van der Waals surface area contributed by atoms with Crippen LogP contribution in [0, 0.1) is 5.82 Å². The number of ether oxygens (including phenoxy) is 1. The van der Waals surface area contributed by atoms with Gasteiger partial charge in [0, 0.05) is 47.7 Å². The number of likely N-dealkylation sites (tertiary alicyclic amines) is 2. The van der Waals surface area contributed by atoms with Gasteiger partial charge in [0.05, 0.1) is 15.2 Å². The molecule has 12 heteroatoms. The van der Waals surface area contributed by atoms with E-state index in [4.69, 9.17) is 27.1 Å². The number of thiazole rings is 1. The van der Waals surface area contributed by atoms with Crippen LogP contribution in [0.4, 0.5) is 15.3 Å². The van der Waals surface area contributed by atoms with E-state index in [9.17, 15) is 4.79 Å². The maximum atomic E-state index is 16.8. The molecule has 9 nitrogen and oxygen atoms in total. The lowest BCUT2D eigenvalue weighted by Gasteiger charge is -2.31. The molecule has 0 aliphatic carbocycles. The van der Waals surface area contributed by atoms with Crippen LogP contribution in [-0.2, 0) is 4.79 Å². The van der Waals surface area contributed by atoms with Gasteiger partial charge in [-0.05, 0) is 63.9 Å². The highest BCUT2D eigenvalue weighted by molar-refractivity contribution is 7.22. The summed E-state index contributed by atoms with van der Waals surface area (Å²) in [5.74, 6) is -0.0531. The number of nitrogens with zero attached hydrogens (tertiary/aromatic N) is 6. The minimum atomic E-state index is -0.557. The Morgan fingerprint density at radius 2 is 2.02 bits per heavy atom. The van der Waals surface area contributed by atoms with Crippen LogP contribution < -0.4 is 15.4 Å². The molecule has 0 radical (unpaired) electrons. The molecular formula is C31H33ClFN7O2S. The van der Waals surface area contributed by atoms with E-state index in [1.807, 2.05) is 17.0 Å². The molecule has 2 aromatic carbocycles. The van der Waals surface area contributed by atoms with E-state index in [-0.39, 0.29) is 46.1 Å². The van der Waals surface area contributed by atoms with Crippen LogP contribution in [0.1, 0.15) is 32.1 Å². The van der Waals surface area contributed by atoms with Crippen LogP contribution in [0.25, 0.3) is 32.2 Å². The highest BCUT2D eigenvalue weighted by atomic mass is 35.5. The number of hydrogen-bond donors (Lipinski definition) is 1. The van der Waals surface area contributed by atoms with E-state index < -0.39 is 5.82 Å². The number of fused-ring (bicyclic) bond motifs is 4. The Hall–Kier alpha value is -3.54. The fourth-order valence-electron chi connectivity index (χ4n) is 6.95. The molecule has 5 heterocycles. The lowest BCUT2D eigenvalue weighted by molar-refractivity contribution is -0.126. The molecule has 2 aromatic heterocycles. The van der Waals surface area contributed by atoms with Gasteiger partial charge in [0.1, 0.15) is 17.9 Å². The second kappa shape index (κ2) is 11.2. The van der Waals surface area contributed by atoms with E-state index in [2.05, 4.69) is 33.4 Å². The molecule has 3 atom stereocenters. The van der Waals surface area contributed by atoms with Gasteiger partial charge in [0.2, 0.25) is 5.91 Å². The monoisotopic (exact) mass is 621 g/mol. The number of nitrogens with two attached hydrogens (primary N) is 1. The highest BCUT2D eigenvalue weighted by Gasteiger charge is 2.40. The normalized spacial score (nSPS) is 22.4. The van der Waals surface area contributed by atoms with Gasteiger partial charge < -0.3 is 25.2 Å². The number of anilines is 2. The first-order chi connectivity index (χ1) is 20.8. The summed E-state index contributed by atoms with van der Waals surface area (Å²) in [7, 11) is 2.08. The minimum Gasteiger partial charge on any atom is -0.462 e. The molecule has 1 amide bonds. The summed E-state index contributed by atoms with van der Waals surface area (Å²) in [6.45, 7) is 6.27. The molecule has 3 fully saturated rings. The van der Waals surface area contributed by atoms with Crippen molar-refractivity contribution in [2.75, 3.05) is 43.9 Å². The summed E-state index contributed by atoms with van der Waals surface area (Å²) in [6, 6.07) is 7.82. The number of para-hydroxylation sites is 1. The van der Waals surface area contributed by atoms with E-state index in [1.165, 1.54) is 17.4 Å². The average molecular weight is 622 g/mol. The number of aromatic nitrogens is 3.